The average molecular weight is 277 g/mol. The van der Waals surface area contributed by atoms with Crippen molar-refractivity contribution in [2.45, 2.75) is 46.2 Å². The highest BCUT2D eigenvalue weighted by molar-refractivity contribution is 5.79. The second-order valence-corrected chi connectivity index (χ2v) is 5.48. The molecule has 0 heterocycles. The maximum Gasteiger partial charge on any atom is 0.234 e. The number of hydrogen-bond acceptors (Lipinski definition) is 3. The third-order valence-corrected chi connectivity index (χ3v) is 3.31. The monoisotopic (exact) mass is 277 g/mol. The number of rotatable bonds is 8. The molecule has 0 fully saturated rings. The number of anilines is 1. The van der Waals surface area contributed by atoms with Crippen molar-refractivity contribution < 1.29 is 4.79 Å². The molecule has 0 radical (unpaired) electrons. The molecule has 0 saturated carbocycles. The first-order valence-electron chi connectivity index (χ1n) is 7.31. The maximum absolute atomic E-state index is 11.5. The average Bonchev–Trinajstić information content (AvgIpc) is 2.37. The molecule has 112 valence electrons. The summed E-state index contributed by atoms with van der Waals surface area (Å²) >= 11 is 0. The number of primary amides is 1. The van der Waals surface area contributed by atoms with E-state index in [2.05, 4.69) is 48.3 Å². The van der Waals surface area contributed by atoms with E-state index < -0.39 is 0 Å². The summed E-state index contributed by atoms with van der Waals surface area (Å²) in [7, 11) is 0. The molecule has 3 N–H and O–H groups in total. The third-order valence-electron chi connectivity index (χ3n) is 3.31. The molecule has 20 heavy (non-hydrogen) atoms. The van der Waals surface area contributed by atoms with Gasteiger partial charge in [0.1, 0.15) is 0 Å². The van der Waals surface area contributed by atoms with Gasteiger partial charge in [-0.05, 0) is 38.0 Å². The molecule has 1 aromatic carbocycles. The number of nitrogens with two attached hydrogens (primary N) is 1. The molecule has 0 bridgehead atoms. The summed E-state index contributed by atoms with van der Waals surface area (Å²) in [6.07, 6.45) is 0.718. The lowest BCUT2D eigenvalue weighted by Gasteiger charge is -2.26. The summed E-state index contributed by atoms with van der Waals surface area (Å²) in [4.78, 5) is 13.7. The van der Waals surface area contributed by atoms with Gasteiger partial charge in [-0.25, -0.2) is 0 Å². The van der Waals surface area contributed by atoms with Gasteiger partial charge in [0.05, 0.1) is 6.04 Å². The molecule has 4 heteroatoms. The Bertz CT molecular complexity index is 431. The topological polar surface area (TPSA) is 58.4 Å². The van der Waals surface area contributed by atoms with Crippen LogP contribution in [0.25, 0.3) is 0 Å². The number of hydrogen-bond donors (Lipinski definition) is 2. The standard InChI is InChI=1S/C16H27N3O/c1-5-19(14-8-6-7-13(4)11-14)10-9-15(16(17)20)18-12(2)3/h6-8,11-12,15,18H,5,9-10H2,1-4H3,(H2,17,20). The molecule has 1 unspecified atom stereocenters. The number of carbonyl (C=O) groups excluding carboxylic acids is 1. The van der Waals surface area contributed by atoms with Gasteiger partial charge >= 0.3 is 0 Å². The van der Waals surface area contributed by atoms with Crippen molar-refractivity contribution >= 4 is 11.6 Å². The van der Waals surface area contributed by atoms with Gasteiger partial charge in [0.15, 0.2) is 0 Å². The van der Waals surface area contributed by atoms with E-state index in [9.17, 15) is 4.79 Å². The fourth-order valence-electron chi connectivity index (χ4n) is 2.29. The number of nitrogens with one attached hydrogen (secondary N) is 1. The summed E-state index contributed by atoms with van der Waals surface area (Å²) in [6, 6.07) is 8.40. The normalized spacial score (nSPS) is 12.4. The van der Waals surface area contributed by atoms with Crippen LogP contribution >= 0.6 is 0 Å². The highest BCUT2D eigenvalue weighted by Gasteiger charge is 2.17. The third kappa shape index (κ3) is 5.21. The Morgan fingerprint density at radius 3 is 2.60 bits per heavy atom. The van der Waals surface area contributed by atoms with E-state index in [1.807, 2.05) is 13.8 Å². The molecule has 0 saturated heterocycles. The Morgan fingerprint density at radius 1 is 1.40 bits per heavy atom. The number of carbonyl (C=O) groups is 1. The quantitative estimate of drug-likeness (QED) is 0.764. The van der Waals surface area contributed by atoms with Crippen LogP contribution in [0.5, 0.6) is 0 Å². The fourth-order valence-corrected chi connectivity index (χ4v) is 2.29. The van der Waals surface area contributed by atoms with Crippen LogP contribution < -0.4 is 16.0 Å². The highest BCUT2D eigenvalue weighted by atomic mass is 16.1. The molecule has 0 aromatic heterocycles. The van der Waals surface area contributed by atoms with Crippen LogP contribution in [-0.4, -0.2) is 31.1 Å². The molecule has 1 amide bonds. The summed E-state index contributed by atoms with van der Waals surface area (Å²) in [5.41, 5.74) is 7.89. The van der Waals surface area contributed by atoms with Gasteiger partial charge in [0.25, 0.3) is 0 Å². The Kier molecular flexibility index (Phi) is 6.52. The summed E-state index contributed by atoms with van der Waals surface area (Å²) < 4.78 is 0. The molecule has 0 aliphatic heterocycles. The van der Waals surface area contributed by atoms with E-state index in [0.29, 0.717) is 0 Å². The lowest BCUT2D eigenvalue weighted by molar-refractivity contribution is -0.120. The van der Waals surface area contributed by atoms with Crippen LogP contribution in [0.1, 0.15) is 32.8 Å². The zero-order chi connectivity index (χ0) is 15.1. The van der Waals surface area contributed by atoms with Crippen LogP contribution in [-0.2, 0) is 4.79 Å². The lowest BCUT2D eigenvalue weighted by Crippen LogP contribution is -2.46. The SMILES string of the molecule is CCN(CCC(NC(C)C)C(N)=O)c1cccc(C)c1. The minimum absolute atomic E-state index is 0.251. The molecule has 1 aromatic rings. The van der Waals surface area contributed by atoms with Gasteiger partial charge in [0, 0.05) is 24.8 Å². The Morgan fingerprint density at radius 2 is 2.10 bits per heavy atom. The second-order valence-electron chi connectivity index (χ2n) is 5.48. The smallest absolute Gasteiger partial charge is 0.234 e. The van der Waals surface area contributed by atoms with Crippen LogP contribution in [0.3, 0.4) is 0 Å². The van der Waals surface area contributed by atoms with E-state index >= 15 is 0 Å². The van der Waals surface area contributed by atoms with Gasteiger partial charge in [-0.2, -0.15) is 0 Å². The number of nitrogens with zero attached hydrogens (tertiary/aromatic N) is 1. The molecule has 1 atom stereocenters. The van der Waals surface area contributed by atoms with Gasteiger partial charge in [-0.15, -0.1) is 0 Å². The largest absolute Gasteiger partial charge is 0.372 e. The van der Waals surface area contributed by atoms with Crippen molar-refractivity contribution in [3.05, 3.63) is 29.8 Å². The van der Waals surface area contributed by atoms with E-state index in [-0.39, 0.29) is 18.0 Å². The van der Waals surface area contributed by atoms with Crippen LogP contribution in [0.15, 0.2) is 24.3 Å². The molecular formula is C16H27N3O. The Labute approximate surface area is 122 Å². The van der Waals surface area contributed by atoms with Crippen LogP contribution in [0.4, 0.5) is 5.69 Å². The van der Waals surface area contributed by atoms with Crippen molar-refractivity contribution in [2.75, 3.05) is 18.0 Å². The van der Waals surface area contributed by atoms with E-state index in [4.69, 9.17) is 5.73 Å². The summed E-state index contributed by atoms with van der Waals surface area (Å²) in [6.45, 7) is 9.98. The van der Waals surface area contributed by atoms with Crippen LogP contribution in [0.2, 0.25) is 0 Å². The van der Waals surface area contributed by atoms with E-state index in [1.165, 1.54) is 11.3 Å². The Balaban J connectivity index is 2.66. The zero-order valence-corrected chi connectivity index (χ0v) is 13.0. The van der Waals surface area contributed by atoms with Crippen molar-refractivity contribution in [2.24, 2.45) is 5.73 Å². The van der Waals surface area contributed by atoms with Crippen molar-refractivity contribution in [1.82, 2.24) is 5.32 Å². The van der Waals surface area contributed by atoms with E-state index in [1.54, 1.807) is 0 Å². The van der Waals surface area contributed by atoms with Crippen molar-refractivity contribution in [1.29, 1.82) is 0 Å². The molecule has 1 rings (SSSR count). The Hall–Kier alpha value is -1.55. The van der Waals surface area contributed by atoms with Gasteiger partial charge in [-0.3, -0.25) is 4.79 Å². The van der Waals surface area contributed by atoms with Gasteiger partial charge in [0.2, 0.25) is 5.91 Å². The second kappa shape index (κ2) is 7.90. The van der Waals surface area contributed by atoms with Crippen molar-refractivity contribution in [3.63, 3.8) is 0 Å². The first-order valence-corrected chi connectivity index (χ1v) is 7.31. The maximum atomic E-state index is 11.5. The molecule has 0 spiro atoms. The number of benzene rings is 1. The minimum atomic E-state index is -0.279. The number of amides is 1. The lowest BCUT2D eigenvalue weighted by atomic mass is 10.1. The molecule has 0 aliphatic carbocycles. The minimum Gasteiger partial charge on any atom is -0.372 e. The van der Waals surface area contributed by atoms with Crippen LogP contribution in [0, 0.1) is 6.92 Å². The summed E-state index contributed by atoms with van der Waals surface area (Å²) in [5, 5.41) is 3.22. The number of aryl methyl sites for hydroxylation is 1. The summed E-state index contributed by atoms with van der Waals surface area (Å²) in [5.74, 6) is -0.279. The first kappa shape index (κ1) is 16.5. The van der Waals surface area contributed by atoms with E-state index in [0.717, 1.165) is 19.5 Å². The fraction of sp³-hybridized carbons (Fsp3) is 0.562. The predicted molar refractivity (Wildman–Crippen MR) is 84.9 cm³/mol. The van der Waals surface area contributed by atoms with Gasteiger partial charge < -0.3 is 16.0 Å². The molecule has 4 nitrogen and oxygen atoms in total. The first-order chi connectivity index (χ1) is 9.43. The van der Waals surface area contributed by atoms with Gasteiger partial charge in [-0.1, -0.05) is 26.0 Å². The molecular weight excluding hydrogens is 250 g/mol. The predicted octanol–water partition coefficient (Wildman–Crippen LogP) is 2.06. The highest BCUT2D eigenvalue weighted by Crippen LogP contribution is 2.16. The zero-order valence-electron chi connectivity index (χ0n) is 13.0. The molecule has 0 aliphatic rings. The van der Waals surface area contributed by atoms with Crippen molar-refractivity contribution in [3.8, 4) is 0 Å².